The Kier molecular flexibility index (Phi) is 3.37. The second-order valence-corrected chi connectivity index (χ2v) is 6.38. The Hall–Kier alpha value is -2.29. The Balaban J connectivity index is 1.68. The Labute approximate surface area is 133 Å². The molecule has 0 bridgehead atoms. The third kappa shape index (κ3) is 2.61. The summed E-state index contributed by atoms with van der Waals surface area (Å²) in [6.45, 7) is 0. The summed E-state index contributed by atoms with van der Waals surface area (Å²) in [6, 6.07) is 9.46. The molecule has 0 heterocycles. The molecule has 2 aromatic carbocycles. The molecule has 2 aliphatic rings. The van der Waals surface area contributed by atoms with E-state index < -0.39 is 0 Å². The molecule has 0 unspecified atom stereocenters. The lowest BCUT2D eigenvalue weighted by Gasteiger charge is -2.28. The number of carbonyl (C=O) groups excluding carboxylic acids is 1. The lowest BCUT2D eigenvalue weighted by atomic mass is 9.75. The van der Waals surface area contributed by atoms with E-state index >= 15 is 0 Å². The molecule has 0 saturated heterocycles. The zero-order valence-corrected chi connectivity index (χ0v) is 12.6. The number of aryl methyl sites for hydroxylation is 1. The third-order valence-electron chi connectivity index (χ3n) is 4.92. The van der Waals surface area contributed by atoms with Gasteiger partial charge in [0.2, 0.25) is 0 Å². The Morgan fingerprint density at radius 2 is 1.61 bits per heavy atom. The molecule has 0 N–H and O–H groups in total. The van der Waals surface area contributed by atoms with Crippen LogP contribution in [0.3, 0.4) is 0 Å². The van der Waals surface area contributed by atoms with Crippen molar-refractivity contribution >= 4 is 11.9 Å². The number of rotatable bonds is 1. The number of Topliss-reactive ketones (excluding diaryl/α,β-unsaturated/α-hetero) is 1. The monoisotopic (exact) mass is 310 g/mol. The Morgan fingerprint density at radius 1 is 0.870 bits per heavy atom. The van der Waals surface area contributed by atoms with Gasteiger partial charge in [-0.2, -0.15) is 0 Å². The number of ketones is 1. The van der Waals surface area contributed by atoms with Crippen LogP contribution in [0.4, 0.5) is 8.78 Å². The average Bonchev–Trinajstić information content (AvgIpc) is 2.54. The molecule has 2 aromatic rings. The molecule has 23 heavy (non-hydrogen) atoms. The topological polar surface area (TPSA) is 17.1 Å². The molecule has 1 atom stereocenters. The molecule has 2 aliphatic carbocycles. The molecule has 0 aromatic heterocycles. The lowest BCUT2D eigenvalue weighted by molar-refractivity contribution is -0.121. The molecule has 0 fully saturated rings. The maximum absolute atomic E-state index is 13.5. The van der Waals surface area contributed by atoms with Gasteiger partial charge in [0.1, 0.15) is 17.4 Å². The summed E-state index contributed by atoms with van der Waals surface area (Å²) in [4.78, 5) is 12.5. The van der Waals surface area contributed by atoms with Gasteiger partial charge in [-0.05, 0) is 65.8 Å². The predicted molar refractivity (Wildman–Crippen MR) is 85.0 cm³/mol. The molecular weight excluding hydrogens is 294 g/mol. The highest BCUT2D eigenvalue weighted by atomic mass is 19.1. The largest absolute Gasteiger partial charge is 0.299 e. The molecule has 1 nitrogen and oxygen atoms in total. The van der Waals surface area contributed by atoms with Crippen LogP contribution in [-0.2, 0) is 24.1 Å². The van der Waals surface area contributed by atoms with E-state index in [4.69, 9.17) is 0 Å². The van der Waals surface area contributed by atoms with Gasteiger partial charge in [0.15, 0.2) is 0 Å². The molecule has 4 rings (SSSR count). The van der Waals surface area contributed by atoms with Crippen molar-refractivity contribution in [1.29, 1.82) is 0 Å². The molecule has 116 valence electrons. The van der Waals surface area contributed by atoms with Crippen LogP contribution in [0.25, 0.3) is 6.08 Å². The highest BCUT2D eigenvalue weighted by Crippen LogP contribution is 2.34. The van der Waals surface area contributed by atoms with Crippen LogP contribution in [-0.4, -0.2) is 5.78 Å². The smallest absolute Gasteiger partial charge is 0.144 e. The molecule has 0 amide bonds. The van der Waals surface area contributed by atoms with E-state index in [1.54, 1.807) is 24.3 Å². The first-order chi connectivity index (χ1) is 11.1. The summed E-state index contributed by atoms with van der Waals surface area (Å²) in [5, 5.41) is 0. The van der Waals surface area contributed by atoms with Gasteiger partial charge in [-0.1, -0.05) is 23.8 Å². The maximum atomic E-state index is 13.5. The number of fused-ring (bicyclic) bond motifs is 2. The first kappa shape index (κ1) is 14.3. The quantitative estimate of drug-likeness (QED) is 0.768. The molecular formula is C20H16F2O. The van der Waals surface area contributed by atoms with Crippen molar-refractivity contribution in [2.75, 3.05) is 0 Å². The van der Waals surface area contributed by atoms with Crippen LogP contribution >= 0.6 is 0 Å². The van der Waals surface area contributed by atoms with Gasteiger partial charge in [-0.25, -0.2) is 8.78 Å². The Bertz CT molecular complexity index is 836. The maximum Gasteiger partial charge on any atom is 0.144 e. The van der Waals surface area contributed by atoms with Crippen LogP contribution in [0, 0.1) is 17.6 Å². The summed E-state index contributed by atoms with van der Waals surface area (Å²) in [7, 11) is 0. The minimum atomic E-state index is -0.254. The van der Waals surface area contributed by atoms with Crippen molar-refractivity contribution in [3.63, 3.8) is 0 Å². The number of benzene rings is 2. The SMILES string of the molecule is O=C1Cc2ccc(F)cc2C[C@@H]1C1=Cc2ccc(F)cc2CC1. The standard InChI is InChI=1S/C20H16F2O/c21-17-5-3-12-7-15(2-1-13(12)8-17)19-10-16-9-18(22)6-4-14(16)11-20(19)23/h3-9,19H,1-2,10-11H2/t19-/m1/s1. The third-order valence-corrected chi connectivity index (χ3v) is 4.92. The Morgan fingerprint density at radius 3 is 2.43 bits per heavy atom. The van der Waals surface area contributed by atoms with E-state index in [1.807, 2.05) is 6.08 Å². The first-order valence-electron chi connectivity index (χ1n) is 7.89. The van der Waals surface area contributed by atoms with Crippen molar-refractivity contribution in [3.8, 4) is 0 Å². The van der Waals surface area contributed by atoms with Crippen molar-refractivity contribution in [3.05, 3.63) is 75.9 Å². The van der Waals surface area contributed by atoms with E-state index in [9.17, 15) is 13.6 Å². The average molecular weight is 310 g/mol. The zero-order valence-electron chi connectivity index (χ0n) is 12.6. The fourth-order valence-corrected chi connectivity index (χ4v) is 3.70. The molecule has 3 heteroatoms. The van der Waals surface area contributed by atoms with Crippen LogP contribution in [0.15, 0.2) is 42.0 Å². The van der Waals surface area contributed by atoms with Crippen LogP contribution in [0.5, 0.6) is 0 Å². The van der Waals surface area contributed by atoms with Gasteiger partial charge in [-0.15, -0.1) is 0 Å². The van der Waals surface area contributed by atoms with Gasteiger partial charge < -0.3 is 0 Å². The summed E-state index contributed by atoms with van der Waals surface area (Å²) in [5.41, 5.74) is 4.94. The van der Waals surface area contributed by atoms with E-state index in [2.05, 4.69) is 0 Å². The number of hydrogen-bond donors (Lipinski definition) is 0. The van der Waals surface area contributed by atoms with Crippen molar-refractivity contribution < 1.29 is 13.6 Å². The van der Waals surface area contributed by atoms with E-state index in [-0.39, 0.29) is 23.3 Å². The van der Waals surface area contributed by atoms with Crippen molar-refractivity contribution in [2.24, 2.45) is 5.92 Å². The van der Waals surface area contributed by atoms with Crippen LogP contribution in [0.1, 0.15) is 28.7 Å². The summed E-state index contributed by atoms with van der Waals surface area (Å²) >= 11 is 0. The first-order valence-corrected chi connectivity index (χ1v) is 7.89. The molecule has 0 spiro atoms. The minimum Gasteiger partial charge on any atom is -0.299 e. The highest BCUT2D eigenvalue weighted by molar-refractivity contribution is 5.89. The summed E-state index contributed by atoms with van der Waals surface area (Å²) in [6.07, 6.45) is 4.46. The van der Waals surface area contributed by atoms with Gasteiger partial charge in [-0.3, -0.25) is 4.79 Å². The second-order valence-electron chi connectivity index (χ2n) is 6.38. The van der Waals surface area contributed by atoms with Crippen LogP contribution < -0.4 is 0 Å². The highest BCUT2D eigenvalue weighted by Gasteiger charge is 2.30. The fourth-order valence-electron chi connectivity index (χ4n) is 3.70. The lowest BCUT2D eigenvalue weighted by Crippen LogP contribution is -2.28. The predicted octanol–water partition coefficient (Wildman–Crippen LogP) is 4.28. The van der Waals surface area contributed by atoms with Crippen molar-refractivity contribution in [2.45, 2.75) is 25.7 Å². The van der Waals surface area contributed by atoms with E-state index in [0.29, 0.717) is 12.8 Å². The number of allylic oxidation sites excluding steroid dienone is 1. The van der Waals surface area contributed by atoms with Crippen molar-refractivity contribution in [1.82, 2.24) is 0 Å². The van der Waals surface area contributed by atoms with Gasteiger partial charge in [0.05, 0.1) is 0 Å². The number of halogens is 2. The summed E-state index contributed by atoms with van der Waals surface area (Å²) in [5.74, 6) is -0.461. The zero-order chi connectivity index (χ0) is 16.0. The molecule has 0 radical (unpaired) electrons. The number of hydrogen-bond acceptors (Lipinski definition) is 1. The fraction of sp³-hybridized carbons (Fsp3) is 0.250. The molecule has 0 saturated carbocycles. The minimum absolute atomic E-state index is 0.178. The molecule has 0 aliphatic heterocycles. The van der Waals surface area contributed by atoms with Gasteiger partial charge in [0, 0.05) is 12.3 Å². The van der Waals surface area contributed by atoms with E-state index in [1.165, 1.54) is 12.1 Å². The normalized spacial score (nSPS) is 19.8. The summed E-state index contributed by atoms with van der Waals surface area (Å²) < 4.78 is 26.8. The number of carbonyl (C=O) groups is 1. The van der Waals surface area contributed by atoms with Gasteiger partial charge >= 0.3 is 0 Å². The van der Waals surface area contributed by atoms with E-state index in [0.717, 1.165) is 40.7 Å². The van der Waals surface area contributed by atoms with Crippen LogP contribution in [0.2, 0.25) is 0 Å². The van der Waals surface area contributed by atoms with Gasteiger partial charge in [0.25, 0.3) is 0 Å². The second kappa shape index (κ2) is 5.41.